The Bertz CT molecular complexity index is 941. The number of hydrogen-bond donors (Lipinski definition) is 1. The van der Waals surface area contributed by atoms with Crippen LogP contribution in [-0.2, 0) is 16.6 Å². The number of amides is 1. The van der Waals surface area contributed by atoms with E-state index in [1.165, 1.54) is 10.4 Å². The molecule has 1 saturated heterocycles. The van der Waals surface area contributed by atoms with Crippen molar-refractivity contribution in [3.05, 3.63) is 65.2 Å². The van der Waals surface area contributed by atoms with Crippen LogP contribution in [0.4, 0.5) is 0 Å². The van der Waals surface area contributed by atoms with Crippen molar-refractivity contribution < 1.29 is 13.2 Å². The van der Waals surface area contributed by atoms with Crippen molar-refractivity contribution in [3.63, 3.8) is 0 Å². The smallest absolute Gasteiger partial charge is 0.251 e. The van der Waals surface area contributed by atoms with E-state index in [-0.39, 0.29) is 17.3 Å². The predicted molar refractivity (Wildman–Crippen MR) is 96.8 cm³/mol. The number of benzene rings is 2. The molecule has 0 radical (unpaired) electrons. The topological polar surface area (TPSA) is 90.3 Å². The fourth-order valence-electron chi connectivity index (χ4n) is 2.87. The Balaban J connectivity index is 1.64. The second kappa shape index (κ2) is 7.68. The third-order valence-corrected chi connectivity index (χ3v) is 6.25. The average molecular weight is 369 g/mol. The Kier molecular flexibility index (Phi) is 5.35. The van der Waals surface area contributed by atoms with Crippen LogP contribution in [0.5, 0.6) is 0 Å². The molecule has 0 bridgehead atoms. The normalized spacial score (nSPS) is 14.7. The summed E-state index contributed by atoms with van der Waals surface area (Å²) in [6, 6.07) is 15.0. The monoisotopic (exact) mass is 369 g/mol. The number of nitrogens with zero attached hydrogens (tertiary/aromatic N) is 2. The highest BCUT2D eigenvalue weighted by molar-refractivity contribution is 7.89. The fraction of sp³-hybridized carbons (Fsp3) is 0.263. The fourth-order valence-corrected chi connectivity index (χ4v) is 4.39. The summed E-state index contributed by atoms with van der Waals surface area (Å²) >= 11 is 0. The van der Waals surface area contributed by atoms with Gasteiger partial charge in [0.1, 0.15) is 0 Å². The summed E-state index contributed by atoms with van der Waals surface area (Å²) < 4.78 is 26.5. The third kappa shape index (κ3) is 3.93. The molecular weight excluding hydrogens is 350 g/mol. The Morgan fingerprint density at radius 2 is 1.81 bits per heavy atom. The van der Waals surface area contributed by atoms with Gasteiger partial charge < -0.3 is 5.32 Å². The van der Waals surface area contributed by atoms with E-state index in [0.29, 0.717) is 24.2 Å². The first-order valence-electron chi connectivity index (χ1n) is 8.38. The first kappa shape index (κ1) is 18.1. The van der Waals surface area contributed by atoms with E-state index in [4.69, 9.17) is 5.26 Å². The van der Waals surface area contributed by atoms with Crippen molar-refractivity contribution in [1.29, 1.82) is 5.26 Å². The largest absolute Gasteiger partial charge is 0.348 e. The van der Waals surface area contributed by atoms with Crippen molar-refractivity contribution >= 4 is 15.9 Å². The van der Waals surface area contributed by atoms with Gasteiger partial charge in [-0.25, -0.2) is 8.42 Å². The van der Waals surface area contributed by atoms with E-state index in [1.807, 2.05) is 6.07 Å². The SMILES string of the molecule is N#Cc1cccc(C(=O)NCc2ccc(S(=O)(=O)N3CCCC3)cc2)c1. The van der Waals surface area contributed by atoms with Gasteiger partial charge in [-0.15, -0.1) is 0 Å². The lowest BCUT2D eigenvalue weighted by Gasteiger charge is -2.15. The summed E-state index contributed by atoms with van der Waals surface area (Å²) in [4.78, 5) is 12.4. The molecular formula is C19H19N3O3S. The molecule has 1 N–H and O–H groups in total. The van der Waals surface area contributed by atoms with Crippen molar-refractivity contribution in [2.45, 2.75) is 24.3 Å². The highest BCUT2D eigenvalue weighted by atomic mass is 32.2. The average Bonchev–Trinajstić information content (AvgIpc) is 3.22. The maximum atomic E-state index is 12.5. The molecule has 0 aromatic heterocycles. The minimum absolute atomic E-state index is 0.274. The molecule has 0 saturated carbocycles. The standard InChI is InChI=1S/C19H19N3O3S/c20-13-16-4-3-5-17(12-16)19(23)21-14-15-6-8-18(9-7-15)26(24,25)22-10-1-2-11-22/h3-9,12H,1-2,10-11,14H2,(H,21,23). The summed E-state index contributed by atoms with van der Waals surface area (Å²) in [6.07, 6.45) is 1.80. The highest BCUT2D eigenvalue weighted by Gasteiger charge is 2.26. The quantitative estimate of drug-likeness (QED) is 0.875. The molecule has 0 spiro atoms. The van der Waals surface area contributed by atoms with Gasteiger partial charge in [0.25, 0.3) is 5.91 Å². The number of nitrogens with one attached hydrogen (secondary N) is 1. The zero-order valence-corrected chi connectivity index (χ0v) is 15.0. The molecule has 0 unspecified atom stereocenters. The van der Waals surface area contributed by atoms with Gasteiger partial charge in [-0.2, -0.15) is 9.57 Å². The predicted octanol–water partition coefficient (Wildman–Crippen LogP) is 2.27. The van der Waals surface area contributed by atoms with Gasteiger partial charge in [0.05, 0.1) is 16.5 Å². The molecule has 0 atom stereocenters. The second-order valence-electron chi connectivity index (χ2n) is 6.13. The van der Waals surface area contributed by atoms with Crippen LogP contribution in [0, 0.1) is 11.3 Å². The summed E-state index contributed by atoms with van der Waals surface area (Å²) in [6.45, 7) is 1.42. The lowest BCUT2D eigenvalue weighted by Crippen LogP contribution is -2.28. The van der Waals surface area contributed by atoms with Crippen LogP contribution in [0.2, 0.25) is 0 Å². The van der Waals surface area contributed by atoms with E-state index in [1.54, 1.807) is 42.5 Å². The van der Waals surface area contributed by atoms with Gasteiger partial charge in [0, 0.05) is 25.2 Å². The van der Waals surface area contributed by atoms with Crippen molar-refractivity contribution in [2.24, 2.45) is 0 Å². The van der Waals surface area contributed by atoms with E-state index in [9.17, 15) is 13.2 Å². The Hall–Kier alpha value is -2.69. The zero-order valence-electron chi connectivity index (χ0n) is 14.2. The number of sulfonamides is 1. The molecule has 7 heteroatoms. The number of nitriles is 1. The van der Waals surface area contributed by atoms with E-state index in [0.717, 1.165) is 18.4 Å². The van der Waals surface area contributed by atoms with Gasteiger partial charge in [-0.3, -0.25) is 4.79 Å². The summed E-state index contributed by atoms with van der Waals surface area (Å²) in [5.74, 6) is -0.282. The molecule has 2 aromatic carbocycles. The summed E-state index contributed by atoms with van der Waals surface area (Å²) in [7, 11) is -3.42. The van der Waals surface area contributed by atoms with E-state index in [2.05, 4.69) is 5.32 Å². The van der Waals surface area contributed by atoms with Crippen molar-refractivity contribution in [3.8, 4) is 6.07 Å². The Morgan fingerprint density at radius 3 is 2.46 bits per heavy atom. The molecule has 1 fully saturated rings. The lowest BCUT2D eigenvalue weighted by atomic mass is 10.1. The first-order chi connectivity index (χ1) is 12.5. The Morgan fingerprint density at radius 1 is 1.12 bits per heavy atom. The third-order valence-electron chi connectivity index (χ3n) is 4.33. The van der Waals surface area contributed by atoms with Crippen LogP contribution in [0.1, 0.15) is 34.3 Å². The molecule has 1 amide bonds. The van der Waals surface area contributed by atoms with Crippen LogP contribution in [-0.4, -0.2) is 31.7 Å². The molecule has 6 nitrogen and oxygen atoms in total. The van der Waals surface area contributed by atoms with Crippen LogP contribution in [0.25, 0.3) is 0 Å². The molecule has 134 valence electrons. The maximum absolute atomic E-state index is 12.5. The van der Waals surface area contributed by atoms with Crippen molar-refractivity contribution in [1.82, 2.24) is 9.62 Å². The molecule has 1 aliphatic rings. The van der Waals surface area contributed by atoms with Crippen LogP contribution < -0.4 is 5.32 Å². The Labute approximate surface area is 153 Å². The lowest BCUT2D eigenvalue weighted by molar-refractivity contribution is 0.0951. The van der Waals surface area contributed by atoms with Gasteiger partial charge in [0.15, 0.2) is 0 Å². The molecule has 3 rings (SSSR count). The molecule has 1 aliphatic heterocycles. The van der Waals surface area contributed by atoms with Gasteiger partial charge in [-0.1, -0.05) is 18.2 Å². The van der Waals surface area contributed by atoms with Gasteiger partial charge >= 0.3 is 0 Å². The van der Waals surface area contributed by atoms with Crippen LogP contribution in [0.3, 0.4) is 0 Å². The summed E-state index contributed by atoms with van der Waals surface area (Å²) in [5, 5.41) is 11.7. The molecule has 0 aliphatic carbocycles. The number of rotatable bonds is 5. The molecule has 1 heterocycles. The van der Waals surface area contributed by atoms with Gasteiger partial charge in [-0.05, 0) is 48.7 Å². The number of carbonyl (C=O) groups excluding carboxylic acids is 1. The van der Waals surface area contributed by atoms with Crippen LogP contribution in [0.15, 0.2) is 53.4 Å². The first-order valence-corrected chi connectivity index (χ1v) is 9.82. The van der Waals surface area contributed by atoms with Crippen LogP contribution >= 0.6 is 0 Å². The minimum atomic E-state index is -3.42. The summed E-state index contributed by atoms with van der Waals surface area (Å²) in [5.41, 5.74) is 1.64. The minimum Gasteiger partial charge on any atom is -0.348 e. The van der Waals surface area contributed by atoms with Crippen molar-refractivity contribution in [2.75, 3.05) is 13.1 Å². The second-order valence-corrected chi connectivity index (χ2v) is 8.07. The molecule has 2 aromatic rings. The zero-order chi connectivity index (χ0) is 18.6. The number of hydrogen-bond acceptors (Lipinski definition) is 4. The maximum Gasteiger partial charge on any atom is 0.251 e. The van der Waals surface area contributed by atoms with Gasteiger partial charge in [0.2, 0.25) is 10.0 Å². The number of carbonyl (C=O) groups is 1. The van der Waals surface area contributed by atoms with E-state index < -0.39 is 10.0 Å². The highest BCUT2D eigenvalue weighted by Crippen LogP contribution is 2.21. The van der Waals surface area contributed by atoms with E-state index >= 15 is 0 Å². The molecule has 26 heavy (non-hydrogen) atoms.